The summed E-state index contributed by atoms with van der Waals surface area (Å²) < 4.78 is 0. The van der Waals surface area contributed by atoms with E-state index in [0.717, 1.165) is 30.2 Å². The van der Waals surface area contributed by atoms with Gasteiger partial charge in [0.15, 0.2) is 0 Å². The van der Waals surface area contributed by atoms with Gasteiger partial charge in [0.25, 0.3) is 0 Å². The number of para-hydroxylation sites is 1. The number of anilines is 3. The number of nitrogens with zero attached hydrogens (tertiary/aromatic N) is 2. The Hall–Kier alpha value is -2.82. The van der Waals surface area contributed by atoms with Gasteiger partial charge in [0, 0.05) is 36.7 Å². The Bertz CT molecular complexity index is 800. The van der Waals surface area contributed by atoms with Gasteiger partial charge in [-0.25, -0.2) is 0 Å². The molecule has 3 rings (SSSR count). The summed E-state index contributed by atoms with van der Waals surface area (Å²) in [5.41, 5.74) is 2.80. The van der Waals surface area contributed by atoms with Crippen molar-refractivity contribution in [3.63, 3.8) is 0 Å². The predicted octanol–water partition coefficient (Wildman–Crippen LogP) is 4.16. The van der Waals surface area contributed by atoms with Crippen LogP contribution in [0.1, 0.15) is 27.2 Å². The zero-order valence-corrected chi connectivity index (χ0v) is 16.9. The first kappa shape index (κ1) is 19.9. The van der Waals surface area contributed by atoms with Crippen molar-refractivity contribution < 1.29 is 9.59 Å². The van der Waals surface area contributed by atoms with Gasteiger partial charge in [-0.3, -0.25) is 9.59 Å². The second-order valence-corrected chi connectivity index (χ2v) is 7.08. The van der Waals surface area contributed by atoms with Crippen molar-refractivity contribution in [2.24, 2.45) is 11.8 Å². The highest BCUT2D eigenvalue weighted by atomic mass is 16.2. The van der Waals surface area contributed by atoms with E-state index in [0.29, 0.717) is 13.0 Å². The molecule has 1 aliphatic carbocycles. The summed E-state index contributed by atoms with van der Waals surface area (Å²) >= 11 is 0. The van der Waals surface area contributed by atoms with Crippen molar-refractivity contribution in [2.45, 2.75) is 27.2 Å². The van der Waals surface area contributed by atoms with E-state index in [1.807, 2.05) is 61.5 Å². The fourth-order valence-corrected chi connectivity index (χ4v) is 3.61. The van der Waals surface area contributed by atoms with Gasteiger partial charge in [-0.2, -0.15) is 0 Å². The molecular formula is C23H29N3O2. The Morgan fingerprint density at radius 2 is 1.50 bits per heavy atom. The van der Waals surface area contributed by atoms with E-state index >= 15 is 0 Å². The van der Waals surface area contributed by atoms with Gasteiger partial charge in [-0.1, -0.05) is 18.2 Å². The molecule has 0 saturated heterocycles. The van der Waals surface area contributed by atoms with Gasteiger partial charge >= 0.3 is 0 Å². The molecule has 2 unspecified atom stereocenters. The molecule has 2 aromatic rings. The Balaban J connectivity index is 1.59. The SMILES string of the molecule is CCN(CC)c1ccc(NC(=O)C2CC2C(=O)N(CC)c2ccccc2)cc1. The third-order valence-electron chi connectivity index (χ3n) is 5.36. The molecule has 1 aliphatic rings. The molecule has 148 valence electrons. The highest BCUT2D eigenvalue weighted by Gasteiger charge is 2.49. The lowest BCUT2D eigenvalue weighted by Gasteiger charge is -2.21. The molecule has 0 bridgehead atoms. The van der Waals surface area contributed by atoms with E-state index in [-0.39, 0.29) is 23.7 Å². The van der Waals surface area contributed by atoms with Gasteiger partial charge in [-0.05, 0) is 63.6 Å². The largest absolute Gasteiger partial charge is 0.372 e. The summed E-state index contributed by atoms with van der Waals surface area (Å²) in [4.78, 5) is 29.4. The molecule has 1 saturated carbocycles. The van der Waals surface area contributed by atoms with Crippen molar-refractivity contribution in [3.8, 4) is 0 Å². The third kappa shape index (κ3) is 4.35. The molecule has 5 heteroatoms. The number of hydrogen-bond acceptors (Lipinski definition) is 3. The molecule has 0 heterocycles. The smallest absolute Gasteiger partial charge is 0.230 e. The van der Waals surface area contributed by atoms with Crippen LogP contribution in [0.3, 0.4) is 0 Å². The Morgan fingerprint density at radius 1 is 0.857 bits per heavy atom. The predicted molar refractivity (Wildman–Crippen MR) is 115 cm³/mol. The molecule has 2 atom stereocenters. The van der Waals surface area contributed by atoms with Crippen LogP contribution >= 0.6 is 0 Å². The minimum atomic E-state index is -0.243. The van der Waals surface area contributed by atoms with Gasteiger partial charge < -0.3 is 15.1 Å². The molecule has 28 heavy (non-hydrogen) atoms. The molecule has 2 aromatic carbocycles. The number of hydrogen-bond donors (Lipinski definition) is 1. The van der Waals surface area contributed by atoms with Crippen molar-refractivity contribution >= 4 is 28.9 Å². The lowest BCUT2D eigenvalue weighted by Crippen LogP contribution is -2.33. The average molecular weight is 380 g/mol. The first-order valence-electron chi connectivity index (χ1n) is 10.1. The topological polar surface area (TPSA) is 52.7 Å². The Labute approximate surface area is 167 Å². The van der Waals surface area contributed by atoms with Gasteiger partial charge in [0.1, 0.15) is 0 Å². The van der Waals surface area contributed by atoms with E-state index in [2.05, 4.69) is 24.1 Å². The molecule has 0 aliphatic heterocycles. The van der Waals surface area contributed by atoms with Crippen LogP contribution in [0, 0.1) is 11.8 Å². The highest BCUT2D eigenvalue weighted by molar-refractivity contribution is 6.04. The van der Waals surface area contributed by atoms with Crippen LogP contribution in [0.4, 0.5) is 17.1 Å². The van der Waals surface area contributed by atoms with E-state index in [4.69, 9.17) is 0 Å². The van der Waals surface area contributed by atoms with E-state index < -0.39 is 0 Å². The Morgan fingerprint density at radius 3 is 2.07 bits per heavy atom. The second kappa shape index (κ2) is 8.91. The maximum atomic E-state index is 12.8. The maximum Gasteiger partial charge on any atom is 0.230 e. The number of nitrogens with one attached hydrogen (secondary N) is 1. The first-order chi connectivity index (χ1) is 13.6. The van der Waals surface area contributed by atoms with Crippen molar-refractivity contribution in [1.82, 2.24) is 0 Å². The van der Waals surface area contributed by atoms with Crippen LogP contribution < -0.4 is 15.1 Å². The summed E-state index contributed by atoms with van der Waals surface area (Å²) in [7, 11) is 0. The molecule has 1 N–H and O–H groups in total. The third-order valence-corrected chi connectivity index (χ3v) is 5.36. The summed E-state index contributed by atoms with van der Waals surface area (Å²) in [5, 5.41) is 2.96. The maximum absolute atomic E-state index is 12.8. The van der Waals surface area contributed by atoms with Crippen molar-refractivity contribution in [1.29, 1.82) is 0 Å². The summed E-state index contributed by atoms with van der Waals surface area (Å²) in [6.45, 7) is 8.70. The van der Waals surface area contributed by atoms with Crippen LogP contribution in [0.25, 0.3) is 0 Å². The number of carbonyl (C=O) groups excluding carboxylic acids is 2. The fourth-order valence-electron chi connectivity index (χ4n) is 3.61. The molecule has 1 fully saturated rings. The normalized spacial score (nSPS) is 17.7. The van der Waals surface area contributed by atoms with Gasteiger partial charge in [0.05, 0.1) is 11.8 Å². The molecule has 2 amide bonds. The second-order valence-electron chi connectivity index (χ2n) is 7.08. The summed E-state index contributed by atoms with van der Waals surface area (Å²) in [6.07, 6.45) is 0.617. The number of benzene rings is 2. The Kier molecular flexibility index (Phi) is 6.34. The fraction of sp³-hybridized carbons (Fsp3) is 0.391. The highest BCUT2D eigenvalue weighted by Crippen LogP contribution is 2.41. The number of carbonyl (C=O) groups is 2. The van der Waals surface area contributed by atoms with E-state index in [9.17, 15) is 9.59 Å². The molecule has 0 spiro atoms. The van der Waals surface area contributed by atoms with Crippen LogP contribution in [-0.2, 0) is 9.59 Å². The van der Waals surface area contributed by atoms with Gasteiger partial charge in [0.2, 0.25) is 11.8 Å². The van der Waals surface area contributed by atoms with Crippen LogP contribution in [0.2, 0.25) is 0 Å². The lowest BCUT2D eigenvalue weighted by atomic mass is 10.2. The molecule has 0 radical (unpaired) electrons. The molecule has 0 aromatic heterocycles. The zero-order valence-electron chi connectivity index (χ0n) is 16.9. The quantitative estimate of drug-likeness (QED) is 0.749. The number of amides is 2. The van der Waals surface area contributed by atoms with Gasteiger partial charge in [-0.15, -0.1) is 0 Å². The first-order valence-corrected chi connectivity index (χ1v) is 10.1. The van der Waals surface area contributed by atoms with Crippen LogP contribution in [0.5, 0.6) is 0 Å². The number of rotatable bonds is 8. The van der Waals surface area contributed by atoms with Crippen molar-refractivity contribution in [2.75, 3.05) is 34.8 Å². The standard InChI is InChI=1S/C23H29N3O2/c1-4-25(5-2)18-14-12-17(13-15-18)24-22(27)20-16-21(20)23(28)26(6-3)19-10-8-7-9-11-19/h7-15,20-21H,4-6,16H2,1-3H3,(H,24,27). The van der Waals surface area contributed by atoms with E-state index in [1.165, 1.54) is 0 Å². The monoisotopic (exact) mass is 379 g/mol. The zero-order chi connectivity index (χ0) is 20.1. The lowest BCUT2D eigenvalue weighted by molar-refractivity contribution is -0.123. The minimum Gasteiger partial charge on any atom is -0.372 e. The minimum absolute atomic E-state index is 0.0331. The van der Waals surface area contributed by atoms with Crippen LogP contribution in [0.15, 0.2) is 54.6 Å². The van der Waals surface area contributed by atoms with E-state index in [1.54, 1.807) is 4.90 Å². The van der Waals surface area contributed by atoms with Crippen molar-refractivity contribution in [3.05, 3.63) is 54.6 Å². The molecular weight excluding hydrogens is 350 g/mol. The van der Waals surface area contributed by atoms with Crippen LogP contribution in [-0.4, -0.2) is 31.4 Å². The average Bonchev–Trinajstić information content (AvgIpc) is 3.52. The summed E-state index contributed by atoms with van der Waals surface area (Å²) in [5.74, 6) is -0.508. The molecule has 5 nitrogen and oxygen atoms in total. The summed E-state index contributed by atoms with van der Waals surface area (Å²) in [6, 6.07) is 17.5.